The van der Waals surface area contributed by atoms with Crippen molar-refractivity contribution in [1.29, 1.82) is 0 Å². The molecule has 0 radical (unpaired) electrons. The Kier molecular flexibility index (Phi) is 8.06. The summed E-state index contributed by atoms with van der Waals surface area (Å²) in [4.78, 5) is 32.8. The largest absolute Gasteiger partial charge is 1.00 e. The first-order valence-corrected chi connectivity index (χ1v) is 5.29. The van der Waals surface area contributed by atoms with Crippen LogP contribution in [-0.4, -0.2) is 29.0 Å². The molecule has 6 nitrogen and oxygen atoms in total. The summed E-state index contributed by atoms with van der Waals surface area (Å²) in [5.74, 6) is -3.20. The summed E-state index contributed by atoms with van der Waals surface area (Å²) in [7, 11) is 0. The zero-order valence-corrected chi connectivity index (χ0v) is 12.5. The third-order valence-corrected chi connectivity index (χ3v) is 2.27. The van der Waals surface area contributed by atoms with Crippen LogP contribution in [0.3, 0.4) is 0 Å². The fraction of sp³-hybridized carbons (Fsp3) is 0.250. The van der Waals surface area contributed by atoms with E-state index in [0.29, 0.717) is 5.56 Å². The van der Waals surface area contributed by atoms with Crippen LogP contribution in [0.1, 0.15) is 23.2 Å². The molecule has 1 rings (SSSR count). The molecule has 0 aliphatic heterocycles. The molecular formula is C12H12NNaO5. The SMILES string of the molecule is O=C(O)CCC(NC(=O)c1ccccc1)C(=O)[O-].[Na+]. The molecule has 0 saturated heterocycles. The maximum atomic E-state index is 11.7. The summed E-state index contributed by atoms with van der Waals surface area (Å²) < 4.78 is 0. The number of rotatable bonds is 6. The maximum Gasteiger partial charge on any atom is 1.00 e. The van der Waals surface area contributed by atoms with E-state index in [4.69, 9.17) is 5.11 Å². The molecule has 0 fully saturated rings. The van der Waals surface area contributed by atoms with Gasteiger partial charge in [-0.15, -0.1) is 0 Å². The van der Waals surface area contributed by atoms with Crippen molar-refractivity contribution in [3.63, 3.8) is 0 Å². The average Bonchev–Trinajstić information content (AvgIpc) is 2.34. The summed E-state index contributed by atoms with van der Waals surface area (Å²) in [6, 6.07) is 6.74. The normalized spacial score (nSPS) is 10.9. The minimum Gasteiger partial charge on any atom is -0.548 e. The molecule has 1 atom stereocenters. The standard InChI is InChI=1S/C12H13NO5.Na/c14-10(15)7-6-9(12(17)18)13-11(16)8-4-2-1-3-5-8;/h1-5,9H,6-7H2,(H,13,16)(H,14,15)(H,17,18);/q;+1/p-1. The van der Waals surface area contributed by atoms with Crippen LogP contribution >= 0.6 is 0 Å². The monoisotopic (exact) mass is 273 g/mol. The molecule has 1 amide bonds. The number of hydrogen-bond acceptors (Lipinski definition) is 4. The van der Waals surface area contributed by atoms with Crippen LogP contribution in [0.5, 0.6) is 0 Å². The number of carboxylic acids is 2. The summed E-state index contributed by atoms with van der Waals surface area (Å²) in [5.41, 5.74) is 0.305. The van der Waals surface area contributed by atoms with E-state index in [1.165, 1.54) is 12.1 Å². The molecular weight excluding hydrogens is 261 g/mol. The van der Waals surface area contributed by atoms with Gasteiger partial charge >= 0.3 is 35.5 Å². The minimum absolute atomic E-state index is 0. The van der Waals surface area contributed by atoms with Crippen molar-refractivity contribution < 1.29 is 54.2 Å². The van der Waals surface area contributed by atoms with E-state index < -0.39 is 23.9 Å². The van der Waals surface area contributed by atoms with Crippen LogP contribution < -0.4 is 40.0 Å². The predicted octanol–water partition coefficient (Wildman–Crippen LogP) is -3.60. The van der Waals surface area contributed by atoms with E-state index in [9.17, 15) is 19.5 Å². The predicted molar refractivity (Wildman–Crippen MR) is 59.6 cm³/mol. The van der Waals surface area contributed by atoms with E-state index in [0.717, 1.165) is 0 Å². The molecule has 96 valence electrons. The van der Waals surface area contributed by atoms with Crippen molar-refractivity contribution in [1.82, 2.24) is 5.32 Å². The minimum atomic E-state index is -1.50. The molecule has 0 saturated carbocycles. The Labute approximate surface area is 132 Å². The second kappa shape index (κ2) is 8.68. The molecule has 1 unspecified atom stereocenters. The molecule has 0 heterocycles. The zero-order chi connectivity index (χ0) is 13.5. The van der Waals surface area contributed by atoms with Gasteiger partial charge in [-0.1, -0.05) is 18.2 Å². The second-order valence-electron chi connectivity index (χ2n) is 3.64. The van der Waals surface area contributed by atoms with Gasteiger partial charge in [0, 0.05) is 12.0 Å². The van der Waals surface area contributed by atoms with Crippen molar-refractivity contribution in [2.45, 2.75) is 18.9 Å². The van der Waals surface area contributed by atoms with Crippen LogP contribution in [0.15, 0.2) is 30.3 Å². The van der Waals surface area contributed by atoms with Gasteiger partial charge in [0.25, 0.3) is 5.91 Å². The van der Waals surface area contributed by atoms with Crippen molar-refractivity contribution >= 4 is 17.8 Å². The topological polar surface area (TPSA) is 107 Å². The molecule has 2 N–H and O–H groups in total. The van der Waals surface area contributed by atoms with Crippen molar-refractivity contribution in [2.24, 2.45) is 0 Å². The first-order chi connectivity index (χ1) is 8.50. The van der Waals surface area contributed by atoms with Crippen LogP contribution in [0.4, 0.5) is 0 Å². The van der Waals surface area contributed by atoms with Crippen molar-refractivity contribution in [3.8, 4) is 0 Å². The molecule has 1 aromatic rings. The number of hydrogen-bond donors (Lipinski definition) is 2. The van der Waals surface area contributed by atoms with Gasteiger partial charge in [-0.2, -0.15) is 0 Å². The number of benzene rings is 1. The smallest absolute Gasteiger partial charge is 0.548 e. The summed E-state index contributed by atoms with van der Waals surface area (Å²) >= 11 is 0. The van der Waals surface area contributed by atoms with Gasteiger partial charge in [-0.05, 0) is 18.6 Å². The molecule has 0 aliphatic carbocycles. The van der Waals surface area contributed by atoms with Gasteiger partial charge in [0.05, 0.1) is 12.0 Å². The Morgan fingerprint density at radius 2 is 1.79 bits per heavy atom. The molecule has 0 aliphatic rings. The van der Waals surface area contributed by atoms with Crippen LogP contribution in [0.2, 0.25) is 0 Å². The van der Waals surface area contributed by atoms with Crippen molar-refractivity contribution in [2.75, 3.05) is 0 Å². The van der Waals surface area contributed by atoms with Gasteiger partial charge in [0.15, 0.2) is 0 Å². The van der Waals surface area contributed by atoms with Gasteiger partial charge in [-0.3, -0.25) is 9.59 Å². The van der Waals surface area contributed by atoms with Crippen LogP contribution in [-0.2, 0) is 9.59 Å². The molecule has 1 aromatic carbocycles. The molecule has 0 bridgehead atoms. The maximum absolute atomic E-state index is 11.7. The number of carbonyl (C=O) groups excluding carboxylic acids is 2. The fourth-order valence-corrected chi connectivity index (χ4v) is 1.35. The van der Waals surface area contributed by atoms with Gasteiger partial charge in [-0.25, -0.2) is 0 Å². The van der Waals surface area contributed by atoms with E-state index in [1.54, 1.807) is 18.2 Å². The first-order valence-electron chi connectivity index (χ1n) is 5.29. The molecule has 0 spiro atoms. The van der Waals surface area contributed by atoms with E-state index in [1.807, 2.05) is 0 Å². The Bertz CT molecular complexity index is 449. The number of nitrogens with one attached hydrogen (secondary N) is 1. The Balaban J connectivity index is 0.00000324. The summed E-state index contributed by atoms with van der Waals surface area (Å²) in [5, 5.41) is 21.5. The molecule has 19 heavy (non-hydrogen) atoms. The van der Waals surface area contributed by atoms with Crippen molar-refractivity contribution in [3.05, 3.63) is 35.9 Å². The third-order valence-electron chi connectivity index (χ3n) is 2.27. The van der Waals surface area contributed by atoms with Gasteiger partial charge in [0.1, 0.15) is 0 Å². The van der Waals surface area contributed by atoms with E-state index in [2.05, 4.69) is 5.32 Å². The summed E-state index contributed by atoms with van der Waals surface area (Å²) in [6.07, 6.45) is -0.566. The Morgan fingerprint density at radius 3 is 2.26 bits per heavy atom. The Morgan fingerprint density at radius 1 is 1.21 bits per heavy atom. The Hall–Kier alpha value is -1.37. The molecule has 7 heteroatoms. The number of aliphatic carboxylic acids is 2. The van der Waals surface area contributed by atoms with Crippen LogP contribution in [0.25, 0.3) is 0 Å². The second-order valence-corrected chi connectivity index (χ2v) is 3.64. The number of carbonyl (C=O) groups is 3. The third kappa shape index (κ3) is 6.37. The van der Waals surface area contributed by atoms with Gasteiger partial charge in [0.2, 0.25) is 0 Å². The first kappa shape index (κ1) is 17.6. The van der Waals surface area contributed by atoms with Crippen LogP contribution in [0, 0.1) is 0 Å². The fourth-order valence-electron chi connectivity index (χ4n) is 1.35. The number of amides is 1. The van der Waals surface area contributed by atoms with Gasteiger partial charge < -0.3 is 20.3 Å². The zero-order valence-electron chi connectivity index (χ0n) is 10.5. The summed E-state index contributed by atoms with van der Waals surface area (Å²) in [6.45, 7) is 0. The quantitative estimate of drug-likeness (QED) is 0.521. The average molecular weight is 273 g/mol. The van der Waals surface area contributed by atoms with E-state index in [-0.39, 0.29) is 42.4 Å². The number of carboxylic acid groups (broad SMARTS) is 2. The molecule has 0 aromatic heterocycles. The van der Waals surface area contributed by atoms with E-state index >= 15 is 0 Å².